The molecule has 0 amide bonds. The highest BCUT2D eigenvalue weighted by atomic mass is 14.7. The second-order valence-corrected chi connectivity index (χ2v) is 13.7. The van der Waals surface area contributed by atoms with Gasteiger partial charge in [-0.05, 0) is 124 Å². The first-order valence-corrected chi connectivity index (χ1v) is 13.9. The van der Waals surface area contributed by atoms with Crippen molar-refractivity contribution in [2.24, 2.45) is 39.4 Å². The summed E-state index contributed by atoms with van der Waals surface area (Å²) in [6.45, 7) is 20.4. The van der Waals surface area contributed by atoms with Crippen LogP contribution in [-0.4, -0.2) is 0 Å². The van der Waals surface area contributed by atoms with E-state index in [0.29, 0.717) is 21.7 Å². The highest BCUT2D eigenvalue weighted by Gasteiger charge is 2.65. The maximum absolute atomic E-state index is 2.76. The van der Waals surface area contributed by atoms with Gasteiger partial charge >= 0.3 is 0 Å². The summed E-state index contributed by atoms with van der Waals surface area (Å²) in [6, 6.07) is 0. The highest BCUT2D eigenvalue weighted by Crippen LogP contribution is 2.74. The third-order valence-corrected chi connectivity index (χ3v) is 11.7. The Hall–Kier alpha value is -0.520. The molecule has 6 atom stereocenters. The number of hydrogen-bond donors (Lipinski definition) is 0. The fourth-order valence-corrected chi connectivity index (χ4v) is 10.0. The standard InChI is InChI=1S/C31H52/c1-9-23(13-10-12-22(2)3)24-16-20-30(7)25(24)14-15-27-29(6)19-11-18-28(4,5)26(29)17-21-31(27,30)8/h12,23,26-27H,9-11,13-21H2,1-8H3/t23?,26-,27+,29-,30+,31+/m0/s1. The zero-order valence-electron chi connectivity index (χ0n) is 22.3. The van der Waals surface area contributed by atoms with Crippen molar-refractivity contribution in [2.75, 3.05) is 0 Å². The lowest BCUT2D eigenvalue weighted by molar-refractivity contribution is -0.173. The van der Waals surface area contributed by atoms with E-state index in [4.69, 9.17) is 0 Å². The zero-order chi connectivity index (χ0) is 22.7. The van der Waals surface area contributed by atoms with Crippen molar-refractivity contribution in [2.45, 2.75) is 132 Å². The molecule has 1 unspecified atom stereocenters. The maximum atomic E-state index is 2.76. The minimum Gasteiger partial charge on any atom is -0.0859 e. The summed E-state index contributed by atoms with van der Waals surface area (Å²) in [7, 11) is 0. The largest absolute Gasteiger partial charge is 0.0859 e. The van der Waals surface area contributed by atoms with E-state index in [-0.39, 0.29) is 0 Å². The summed E-state index contributed by atoms with van der Waals surface area (Å²) in [4.78, 5) is 0. The van der Waals surface area contributed by atoms with Gasteiger partial charge in [-0.1, -0.05) is 70.8 Å². The number of hydrogen-bond acceptors (Lipinski definition) is 0. The van der Waals surface area contributed by atoms with Crippen LogP contribution in [0.1, 0.15) is 132 Å². The van der Waals surface area contributed by atoms with Gasteiger partial charge < -0.3 is 0 Å². The summed E-state index contributed by atoms with van der Waals surface area (Å²) >= 11 is 0. The van der Waals surface area contributed by atoms with Gasteiger partial charge in [-0.3, -0.25) is 0 Å². The normalized spacial score (nSPS) is 42.5. The molecule has 0 saturated heterocycles. The molecule has 176 valence electrons. The molecule has 0 radical (unpaired) electrons. The van der Waals surface area contributed by atoms with Crippen molar-refractivity contribution in [3.8, 4) is 0 Å². The Morgan fingerprint density at radius 3 is 2.35 bits per heavy atom. The van der Waals surface area contributed by atoms with Crippen LogP contribution >= 0.6 is 0 Å². The van der Waals surface area contributed by atoms with Crippen molar-refractivity contribution in [1.29, 1.82) is 0 Å². The molecule has 4 rings (SSSR count). The molecule has 0 N–H and O–H groups in total. The number of rotatable bonds is 5. The Labute approximate surface area is 194 Å². The molecule has 0 aromatic rings. The highest BCUT2D eigenvalue weighted by molar-refractivity contribution is 5.36. The predicted molar refractivity (Wildman–Crippen MR) is 136 cm³/mol. The van der Waals surface area contributed by atoms with Crippen LogP contribution in [0.3, 0.4) is 0 Å². The Balaban J connectivity index is 1.66. The quantitative estimate of drug-likeness (QED) is 0.385. The molecule has 4 aliphatic rings. The predicted octanol–water partition coefficient (Wildman–Crippen LogP) is 9.90. The van der Waals surface area contributed by atoms with Crippen LogP contribution in [0.2, 0.25) is 0 Å². The van der Waals surface area contributed by atoms with Gasteiger partial charge in [0.15, 0.2) is 0 Å². The van der Waals surface area contributed by atoms with E-state index in [0.717, 1.165) is 17.8 Å². The third kappa shape index (κ3) is 3.52. The number of allylic oxidation sites excluding steroid dienone is 4. The van der Waals surface area contributed by atoms with E-state index in [1.165, 1.54) is 82.6 Å². The SMILES string of the molecule is CCC(CCC=C(C)C)C1=C2CC[C@@H]3[C@@]4(C)CCCC(C)(C)[C@@H]4CC[C@@]3(C)[C@]2(C)CC1. The lowest BCUT2D eigenvalue weighted by Crippen LogP contribution is -2.60. The monoisotopic (exact) mass is 424 g/mol. The molecular weight excluding hydrogens is 372 g/mol. The van der Waals surface area contributed by atoms with Crippen LogP contribution in [0, 0.1) is 39.4 Å². The van der Waals surface area contributed by atoms with E-state index in [2.05, 4.69) is 61.5 Å². The van der Waals surface area contributed by atoms with Crippen molar-refractivity contribution in [1.82, 2.24) is 0 Å². The Morgan fingerprint density at radius 1 is 0.935 bits per heavy atom. The first-order chi connectivity index (χ1) is 14.5. The topological polar surface area (TPSA) is 0 Å². The number of fused-ring (bicyclic) bond motifs is 5. The molecule has 3 saturated carbocycles. The molecule has 0 heterocycles. The van der Waals surface area contributed by atoms with E-state index < -0.39 is 0 Å². The first kappa shape index (κ1) is 23.6. The smallest absolute Gasteiger partial charge is 0.00539 e. The van der Waals surface area contributed by atoms with Crippen LogP contribution in [0.15, 0.2) is 22.8 Å². The second-order valence-electron chi connectivity index (χ2n) is 13.7. The maximum Gasteiger partial charge on any atom is -0.00539 e. The molecule has 4 aliphatic carbocycles. The minimum atomic E-state index is 0.463. The van der Waals surface area contributed by atoms with Crippen molar-refractivity contribution in [3.63, 3.8) is 0 Å². The van der Waals surface area contributed by atoms with Gasteiger partial charge in [-0.25, -0.2) is 0 Å². The van der Waals surface area contributed by atoms with E-state index in [1.807, 2.05) is 11.1 Å². The fourth-order valence-electron chi connectivity index (χ4n) is 10.0. The Morgan fingerprint density at radius 2 is 1.68 bits per heavy atom. The minimum absolute atomic E-state index is 0.463. The van der Waals surface area contributed by atoms with Gasteiger partial charge in [-0.2, -0.15) is 0 Å². The molecule has 0 spiro atoms. The first-order valence-electron chi connectivity index (χ1n) is 13.9. The van der Waals surface area contributed by atoms with Crippen LogP contribution in [0.4, 0.5) is 0 Å². The van der Waals surface area contributed by atoms with E-state index in [9.17, 15) is 0 Å². The Bertz CT molecular complexity index is 746. The lowest BCUT2D eigenvalue weighted by atomic mass is 9.36. The molecule has 3 fully saturated rings. The summed E-state index contributed by atoms with van der Waals surface area (Å²) in [5, 5.41) is 0. The van der Waals surface area contributed by atoms with E-state index >= 15 is 0 Å². The summed E-state index contributed by atoms with van der Waals surface area (Å²) in [5.74, 6) is 2.69. The molecule has 0 aliphatic heterocycles. The molecule has 31 heavy (non-hydrogen) atoms. The van der Waals surface area contributed by atoms with Crippen molar-refractivity contribution >= 4 is 0 Å². The average molecular weight is 425 g/mol. The molecule has 0 heteroatoms. The summed E-state index contributed by atoms with van der Waals surface area (Å²) in [5.41, 5.74) is 7.45. The van der Waals surface area contributed by atoms with Gasteiger partial charge in [0, 0.05) is 0 Å². The van der Waals surface area contributed by atoms with Crippen LogP contribution in [0.25, 0.3) is 0 Å². The fraction of sp³-hybridized carbons (Fsp3) is 0.871. The van der Waals surface area contributed by atoms with Crippen molar-refractivity contribution in [3.05, 3.63) is 22.8 Å². The molecule has 0 aromatic heterocycles. The van der Waals surface area contributed by atoms with Gasteiger partial charge in [0.25, 0.3) is 0 Å². The third-order valence-electron chi connectivity index (χ3n) is 11.7. The van der Waals surface area contributed by atoms with Gasteiger partial charge in [0.05, 0.1) is 0 Å². The second kappa shape index (κ2) is 8.06. The lowest BCUT2D eigenvalue weighted by Gasteiger charge is -2.68. The van der Waals surface area contributed by atoms with Crippen LogP contribution in [0.5, 0.6) is 0 Å². The summed E-state index contributed by atoms with van der Waals surface area (Å²) < 4.78 is 0. The van der Waals surface area contributed by atoms with Gasteiger partial charge in [-0.15, -0.1) is 0 Å². The average Bonchev–Trinajstić information content (AvgIpc) is 3.03. The van der Waals surface area contributed by atoms with Gasteiger partial charge in [0.2, 0.25) is 0 Å². The zero-order valence-corrected chi connectivity index (χ0v) is 22.3. The van der Waals surface area contributed by atoms with Crippen LogP contribution in [-0.2, 0) is 0 Å². The Kier molecular flexibility index (Phi) is 6.14. The molecular formula is C31H52. The molecule has 0 aromatic carbocycles. The van der Waals surface area contributed by atoms with Gasteiger partial charge in [0.1, 0.15) is 0 Å². The van der Waals surface area contributed by atoms with E-state index in [1.54, 1.807) is 0 Å². The van der Waals surface area contributed by atoms with Crippen LogP contribution < -0.4 is 0 Å². The molecule has 0 bridgehead atoms. The molecule has 0 nitrogen and oxygen atoms in total. The van der Waals surface area contributed by atoms with Crippen molar-refractivity contribution < 1.29 is 0 Å². The summed E-state index contributed by atoms with van der Waals surface area (Å²) in [6.07, 6.45) is 19.5.